The zero-order valence-electron chi connectivity index (χ0n) is 11.9. The van der Waals surface area contributed by atoms with Crippen molar-refractivity contribution in [1.29, 1.82) is 0 Å². The molecular weight excluding hydrogens is 262 g/mol. The maximum atomic E-state index is 10.9. The van der Waals surface area contributed by atoms with Crippen LogP contribution in [-0.4, -0.2) is 29.9 Å². The van der Waals surface area contributed by atoms with Crippen LogP contribution in [-0.2, 0) is 11.3 Å². The predicted molar refractivity (Wildman–Crippen MR) is 74.8 cm³/mol. The lowest BCUT2D eigenvalue weighted by Gasteiger charge is -2.09. The van der Waals surface area contributed by atoms with Crippen molar-refractivity contribution < 1.29 is 19.5 Å². The first-order valence-corrected chi connectivity index (χ1v) is 6.63. The number of aliphatic hydroxyl groups is 1. The molecule has 1 N–H and O–H groups in total. The smallest absolute Gasteiger partial charge is 0.310 e. The van der Waals surface area contributed by atoms with Gasteiger partial charge in [-0.15, -0.1) is 0 Å². The van der Waals surface area contributed by atoms with Crippen LogP contribution < -0.4 is 4.74 Å². The second-order valence-electron chi connectivity index (χ2n) is 4.86. The van der Waals surface area contributed by atoms with Gasteiger partial charge in [0.15, 0.2) is 5.75 Å². The minimum atomic E-state index is -0.504. The maximum Gasteiger partial charge on any atom is 0.310 e. The van der Waals surface area contributed by atoms with E-state index in [1.54, 1.807) is 0 Å². The fraction of sp³-hybridized carbons (Fsp3) is 0.571. The van der Waals surface area contributed by atoms with Crippen molar-refractivity contribution in [3.05, 3.63) is 33.9 Å². The number of benzene rings is 1. The molecule has 1 aromatic rings. The quantitative estimate of drug-likeness (QED) is 0.428. The Morgan fingerprint density at radius 1 is 1.30 bits per heavy atom. The largest absolute Gasteiger partial charge is 0.484 e. The van der Waals surface area contributed by atoms with Crippen molar-refractivity contribution in [2.24, 2.45) is 5.92 Å². The van der Waals surface area contributed by atoms with Gasteiger partial charge in [0.25, 0.3) is 0 Å². The molecule has 0 saturated carbocycles. The van der Waals surface area contributed by atoms with E-state index in [1.807, 2.05) is 0 Å². The van der Waals surface area contributed by atoms with Gasteiger partial charge in [0.05, 0.1) is 18.1 Å². The molecule has 112 valence electrons. The van der Waals surface area contributed by atoms with Gasteiger partial charge in [-0.05, 0) is 30.0 Å². The number of nitrogens with zero attached hydrogens (tertiary/aromatic N) is 1. The highest BCUT2D eigenvalue weighted by Crippen LogP contribution is 2.27. The standard InChI is InChI=1S/C14H21NO5/c1-11(2)5-6-19-7-8-20-14-9-12(10-16)3-4-13(14)15(17)18/h3-4,9,11,16H,5-8,10H2,1-2H3. The number of nitro benzene ring substituents is 1. The van der Waals surface area contributed by atoms with Crippen molar-refractivity contribution in [2.45, 2.75) is 26.9 Å². The van der Waals surface area contributed by atoms with Crippen LogP contribution in [0.5, 0.6) is 5.75 Å². The predicted octanol–water partition coefficient (Wildman–Crippen LogP) is 2.53. The monoisotopic (exact) mass is 283 g/mol. The van der Waals surface area contributed by atoms with E-state index in [4.69, 9.17) is 14.6 Å². The number of hydrogen-bond acceptors (Lipinski definition) is 5. The average molecular weight is 283 g/mol. The lowest BCUT2D eigenvalue weighted by Crippen LogP contribution is -2.09. The van der Waals surface area contributed by atoms with Crippen LogP contribution in [0.1, 0.15) is 25.8 Å². The molecule has 6 heteroatoms. The SMILES string of the molecule is CC(C)CCOCCOc1cc(CO)ccc1[N+](=O)[O-]. The van der Waals surface area contributed by atoms with E-state index in [2.05, 4.69) is 13.8 Å². The number of ether oxygens (including phenoxy) is 2. The van der Waals surface area contributed by atoms with Gasteiger partial charge in [0.2, 0.25) is 0 Å². The highest BCUT2D eigenvalue weighted by atomic mass is 16.6. The average Bonchev–Trinajstić information content (AvgIpc) is 2.41. The summed E-state index contributed by atoms with van der Waals surface area (Å²) in [5.41, 5.74) is 0.468. The van der Waals surface area contributed by atoms with Crippen molar-refractivity contribution in [3.8, 4) is 5.75 Å². The third-order valence-corrected chi connectivity index (χ3v) is 2.73. The summed E-state index contributed by atoms with van der Waals surface area (Å²) in [5, 5.41) is 19.9. The van der Waals surface area contributed by atoms with Gasteiger partial charge in [0, 0.05) is 12.7 Å². The Balaban J connectivity index is 2.47. The highest BCUT2D eigenvalue weighted by molar-refractivity contribution is 5.48. The lowest BCUT2D eigenvalue weighted by atomic mass is 10.1. The summed E-state index contributed by atoms with van der Waals surface area (Å²) in [7, 11) is 0. The lowest BCUT2D eigenvalue weighted by molar-refractivity contribution is -0.385. The molecule has 0 radical (unpaired) electrons. The van der Waals surface area contributed by atoms with Crippen LogP contribution in [0.25, 0.3) is 0 Å². The van der Waals surface area contributed by atoms with Crippen molar-refractivity contribution in [1.82, 2.24) is 0 Å². The van der Waals surface area contributed by atoms with Crippen LogP contribution in [0, 0.1) is 16.0 Å². The molecule has 0 atom stereocenters. The first kappa shape index (κ1) is 16.4. The van der Waals surface area contributed by atoms with Crippen LogP contribution in [0.2, 0.25) is 0 Å². The normalized spacial score (nSPS) is 10.8. The molecule has 0 bridgehead atoms. The second-order valence-corrected chi connectivity index (χ2v) is 4.86. The molecule has 0 unspecified atom stereocenters. The maximum absolute atomic E-state index is 10.9. The van der Waals surface area contributed by atoms with Gasteiger partial charge in [-0.3, -0.25) is 10.1 Å². The molecule has 1 rings (SSSR count). The van der Waals surface area contributed by atoms with E-state index in [9.17, 15) is 10.1 Å². The zero-order valence-corrected chi connectivity index (χ0v) is 11.9. The Labute approximate surface area is 118 Å². The fourth-order valence-electron chi connectivity index (χ4n) is 1.55. The summed E-state index contributed by atoms with van der Waals surface area (Å²) in [6, 6.07) is 4.32. The topological polar surface area (TPSA) is 81.8 Å². The van der Waals surface area contributed by atoms with E-state index >= 15 is 0 Å². The van der Waals surface area contributed by atoms with Crippen LogP contribution in [0.4, 0.5) is 5.69 Å². The zero-order chi connectivity index (χ0) is 15.0. The Morgan fingerprint density at radius 3 is 2.65 bits per heavy atom. The van der Waals surface area contributed by atoms with Crippen LogP contribution >= 0.6 is 0 Å². The number of hydrogen-bond donors (Lipinski definition) is 1. The molecular formula is C14H21NO5. The Kier molecular flexibility index (Phi) is 6.97. The summed E-state index contributed by atoms with van der Waals surface area (Å²) < 4.78 is 10.7. The van der Waals surface area contributed by atoms with E-state index in [1.165, 1.54) is 18.2 Å². The molecule has 0 aliphatic rings. The van der Waals surface area contributed by atoms with Gasteiger partial charge in [-0.1, -0.05) is 13.8 Å². The van der Waals surface area contributed by atoms with E-state index in [-0.39, 0.29) is 24.7 Å². The molecule has 0 aliphatic heterocycles. The summed E-state index contributed by atoms with van der Waals surface area (Å²) in [6.07, 6.45) is 0.972. The Morgan fingerprint density at radius 2 is 2.05 bits per heavy atom. The van der Waals surface area contributed by atoms with E-state index < -0.39 is 4.92 Å². The summed E-state index contributed by atoms with van der Waals surface area (Å²) in [5.74, 6) is 0.743. The van der Waals surface area contributed by atoms with Crippen molar-refractivity contribution in [3.63, 3.8) is 0 Å². The van der Waals surface area contributed by atoms with Gasteiger partial charge in [-0.25, -0.2) is 0 Å². The van der Waals surface area contributed by atoms with Crippen LogP contribution in [0.3, 0.4) is 0 Å². The number of nitro groups is 1. The molecule has 0 aliphatic carbocycles. The van der Waals surface area contributed by atoms with Gasteiger partial charge >= 0.3 is 5.69 Å². The van der Waals surface area contributed by atoms with Gasteiger partial charge in [-0.2, -0.15) is 0 Å². The fourth-order valence-corrected chi connectivity index (χ4v) is 1.55. The van der Waals surface area contributed by atoms with E-state index in [0.29, 0.717) is 24.7 Å². The number of aliphatic hydroxyl groups excluding tert-OH is 1. The minimum Gasteiger partial charge on any atom is -0.484 e. The molecule has 0 aromatic heterocycles. The molecule has 1 aromatic carbocycles. The Hall–Kier alpha value is -1.66. The molecule has 20 heavy (non-hydrogen) atoms. The van der Waals surface area contributed by atoms with Crippen molar-refractivity contribution in [2.75, 3.05) is 19.8 Å². The third kappa shape index (κ3) is 5.54. The molecule has 0 saturated heterocycles. The highest BCUT2D eigenvalue weighted by Gasteiger charge is 2.15. The summed E-state index contributed by atoms with van der Waals surface area (Å²) in [6.45, 7) is 5.33. The van der Waals surface area contributed by atoms with Gasteiger partial charge in [0.1, 0.15) is 6.61 Å². The van der Waals surface area contributed by atoms with Gasteiger partial charge < -0.3 is 14.6 Å². The summed E-state index contributed by atoms with van der Waals surface area (Å²) >= 11 is 0. The first-order chi connectivity index (χ1) is 9.54. The molecule has 0 heterocycles. The molecule has 6 nitrogen and oxygen atoms in total. The third-order valence-electron chi connectivity index (χ3n) is 2.73. The molecule has 0 fully saturated rings. The summed E-state index contributed by atoms with van der Waals surface area (Å²) in [4.78, 5) is 10.4. The second kappa shape index (κ2) is 8.50. The minimum absolute atomic E-state index is 0.107. The Bertz CT molecular complexity index is 434. The van der Waals surface area contributed by atoms with E-state index in [0.717, 1.165) is 6.42 Å². The number of rotatable bonds is 9. The molecule has 0 spiro atoms. The first-order valence-electron chi connectivity index (χ1n) is 6.63. The van der Waals surface area contributed by atoms with Crippen LogP contribution in [0.15, 0.2) is 18.2 Å². The van der Waals surface area contributed by atoms with Crippen molar-refractivity contribution >= 4 is 5.69 Å². The molecule has 0 amide bonds.